The van der Waals surface area contributed by atoms with Crippen molar-refractivity contribution in [2.24, 2.45) is 5.41 Å². The molecule has 0 aliphatic carbocycles. The van der Waals surface area contributed by atoms with Gasteiger partial charge in [0.1, 0.15) is 0 Å². The normalized spacial score (nSPS) is 17.5. The average molecular weight is 300 g/mol. The highest BCUT2D eigenvalue weighted by Gasteiger charge is 2.41. The molecule has 122 valence electrons. The maximum Gasteiger partial charge on any atom is 0.317 e. The highest BCUT2D eigenvalue weighted by atomic mass is 16.5. The Hall–Kier alpha value is -1.30. The quantitative estimate of drug-likeness (QED) is 0.673. The maximum absolute atomic E-state index is 12.0. The molecule has 1 aliphatic heterocycles. The summed E-state index contributed by atoms with van der Waals surface area (Å²) in [5.74, 6) is -0.721. The molecule has 0 aromatic heterocycles. The van der Waals surface area contributed by atoms with Crippen molar-refractivity contribution in [2.75, 3.05) is 32.8 Å². The summed E-state index contributed by atoms with van der Waals surface area (Å²) in [4.78, 5) is 25.2. The summed E-state index contributed by atoms with van der Waals surface area (Å²) in [6, 6.07) is -0.0954. The molecule has 2 amide bonds. The van der Waals surface area contributed by atoms with Gasteiger partial charge in [0.25, 0.3) is 0 Å². The first kappa shape index (κ1) is 17.8. The summed E-state index contributed by atoms with van der Waals surface area (Å²) in [6.07, 6.45) is 3.43. The van der Waals surface area contributed by atoms with Crippen molar-refractivity contribution in [3.63, 3.8) is 0 Å². The molecule has 0 atom stereocenters. The number of carbonyl (C=O) groups excluding carboxylic acids is 1. The van der Waals surface area contributed by atoms with Crippen LogP contribution in [0.25, 0.3) is 0 Å². The van der Waals surface area contributed by atoms with Gasteiger partial charge in [0.05, 0.1) is 5.41 Å². The van der Waals surface area contributed by atoms with Crippen LogP contribution < -0.4 is 5.32 Å². The first-order valence-electron chi connectivity index (χ1n) is 7.89. The van der Waals surface area contributed by atoms with Crippen molar-refractivity contribution in [3.8, 4) is 0 Å². The first-order chi connectivity index (χ1) is 10.1. The predicted octanol–water partition coefficient (Wildman–Crippen LogP) is 2.09. The minimum absolute atomic E-state index is 0.0954. The Bertz CT molecular complexity index is 339. The van der Waals surface area contributed by atoms with E-state index in [0.717, 1.165) is 12.8 Å². The van der Waals surface area contributed by atoms with Crippen molar-refractivity contribution in [2.45, 2.75) is 46.0 Å². The molecule has 2 N–H and O–H groups in total. The SMILES string of the molecule is CCCC1(C(=O)O)CCN(C(=O)NCCCOCC)CC1. The van der Waals surface area contributed by atoms with Gasteiger partial charge in [-0.25, -0.2) is 4.79 Å². The molecule has 0 aromatic rings. The van der Waals surface area contributed by atoms with Gasteiger partial charge in [-0.1, -0.05) is 13.3 Å². The molecule has 0 spiro atoms. The number of likely N-dealkylation sites (tertiary alicyclic amines) is 1. The number of amides is 2. The van der Waals surface area contributed by atoms with E-state index in [-0.39, 0.29) is 6.03 Å². The number of piperidine rings is 1. The first-order valence-corrected chi connectivity index (χ1v) is 7.89. The number of aliphatic carboxylic acids is 1. The summed E-state index contributed by atoms with van der Waals surface area (Å²) in [5, 5.41) is 12.3. The smallest absolute Gasteiger partial charge is 0.317 e. The molecule has 6 nitrogen and oxygen atoms in total. The van der Waals surface area contributed by atoms with Gasteiger partial charge in [0.2, 0.25) is 0 Å². The average Bonchev–Trinajstić information content (AvgIpc) is 2.47. The summed E-state index contributed by atoms with van der Waals surface area (Å²) in [5.41, 5.74) is -0.638. The summed E-state index contributed by atoms with van der Waals surface area (Å²) < 4.78 is 5.21. The molecule has 1 rings (SSSR count). The lowest BCUT2D eigenvalue weighted by molar-refractivity contribution is -0.152. The number of carboxylic acids is 1. The number of rotatable bonds is 8. The lowest BCUT2D eigenvalue weighted by Gasteiger charge is -2.38. The number of urea groups is 1. The summed E-state index contributed by atoms with van der Waals surface area (Å²) in [7, 11) is 0. The van der Waals surface area contributed by atoms with Crippen LogP contribution in [0, 0.1) is 5.41 Å². The third kappa shape index (κ3) is 5.19. The number of ether oxygens (including phenoxy) is 1. The topological polar surface area (TPSA) is 78.9 Å². The van der Waals surface area contributed by atoms with E-state index in [1.165, 1.54) is 0 Å². The molecule has 1 heterocycles. The van der Waals surface area contributed by atoms with Gasteiger partial charge >= 0.3 is 12.0 Å². The lowest BCUT2D eigenvalue weighted by Crippen LogP contribution is -2.49. The van der Waals surface area contributed by atoms with Gasteiger partial charge in [-0.15, -0.1) is 0 Å². The van der Waals surface area contributed by atoms with Crippen LogP contribution in [0.15, 0.2) is 0 Å². The lowest BCUT2D eigenvalue weighted by atomic mass is 9.75. The Morgan fingerprint density at radius 2 is 1.95 bits per heavy atom. The molecule has 1 saturated heterocycles. The number of nitrogens with one attached hydrogen (secondary N) is 1. The van der Waals surface area contributed by atoms with Crippen molar-refractivity contribution >= 4 is 12.0 Å². The number of hydrogen-bond acceptors (Lipinski definition) is 3. The number of carbonyl (C=O) groups is 2. The second-order valence-electron chi connectivity index (χ2n) is 5.60. The highest BCUT2D eigenvalue weighted by molar-refractivity contribution is 5.77. The predicted molar refractivity (Wildman–Crippen MR) is 80.3 cm³/mol. The van der Waals surface area contributed by atoms with Gasteiger partial charge in [-0.2, -0.15) is 0 Å². The summed E-state index contributed by atoms with van der Waals surface area (Å²) >= 11 is 0. The molecule has 21 heavy (non-hydrogen) atoms. The third-order valence-corrected chi connectivity index (χ3v) is 4.14. The zero-order valence-electron chi connectivity index (χ0n) is 13.2. The van der Waals surface area contributed by atoms with E-state index in [9.17, 15) is 14.7 Å². The van der Waals surface area contributed by atoms with Crippen molar-refractivity contribution in [3.05, 3.63) is 0 Å². The monoisotopic (exact) mass is 300 g/mol. The number of carboxylic acid groups (broad SMARTS) is 1. The van der Waals surface area contributed by atoms with E-state index < -0.39 is 11.4 Å². The fourth-order valence-electron chi connectivity index (χ4n) is 2.81. The molecular weight excluding hydrogens is 272 g/mol. The van der Waals surface area contributed by atoms with Gasteiger partial charge < -0.3 is 20.1 Å². The van der Waals surface area contributed by atoms with Crippen molar-refractivity contribution in [1.29, 1.82) is 0 Å². The van der Waals surface area contributed by atoms with Gasteiger partial charge in [0, 0.05) is 32.8 Å². The van der Waals surface area contributed by atoms with Crippen LogP contribution in [0.5, 0.6) is 0 Å². The van der Waals surface area contributed by atoms with Crippen LogP contribution in [0.1, 0.15) is 46.0 Å². The zero-order chi connectivity index (χ0) is 15.7. The maximum atomic E-state index is 12.0. The number of hydrogen-bond donors (Lipinski definition) is 2. The highest BCUT2D eigenvalue weighted by Crippen LogP contribution is 2.36. The molecule has 6 heteroatoms. The fraction of sp³-hybridized carbons (Fsp3) is 0.867. The minimum atomic E-state index is -0.721. The Morgan fingerprint density at radius 3 is 2.48 bits per heavy atom. The van der Waals surface area contributed by atoms with E-state index in [4.69, 9.17) is 4.74 Å². The third-order valence-electron chi connectivity index (χ3n) is 4.14. The van der Waals surface area contributed by atoms with Crippen molar-refractivity contribution < 1.29 is 19.4 Å². The van der Waals surface area contributed by atoms with Crippen LogP contribution >= 0.6 is 0 Å². The van der Waals surface area contributed by atoms with Crippen LogP contribution in [0.3, 0.4) is 0 Å². The van der Waals surface area contributed by atoms with Crippen LogP contribution in [-0.2, 0) is 9.53 Å². The van der Waals surface area contributed by atoms with E-state index in [1.54, 1.807) is 4.90 Å². The van der Waals surface area contributed by atoms with E-state index in [0.29, 0.717) is 52.1 Å². The Balaban J connectivity index is 2.34. The van der Waals surface area contributed by atoms with Gasteiger partial charge in [-0.05, 0) is 32.6 Å². The second-order valence-corrected chi connectivity index (χ2v) is 5.60. The van der Waals surface area contributed by atoms with Crippen molar-refractivity contribution in [1.82, 2.24) is 10.2 Å². The molecule has 0 bridgehead atoms. The van der Waals surface area contributed by atoms with Crippen LogP contribution in [0.2, 0.25) is 0 Å². The van der Waals surface area contributed by atoms with Crippen LogP contribution in [0.4, 0.5) is 4.79 Å². The fourth-order valence-corrected chi connectivity index (χ4v) is 2.81. The van der Waals surface area contributed by atoms with Gasteiger partial charge in [-0.3, -0.25) is 4.79 Å². The van der Waals surface area contributed by atoms with Crippen LogP contribution in [-0.4, -0.2) is 54.9 Å². The molecule has 0 unspecified atom stereocenters. The Kier molecular flexibility index (Phi) is 7.50. The zero-order valence-corrected chi connectivity index (χ0v) is 13.2. The van der Waals surface area contributed by atoms with Gasteiger partial charge in [0.15, 0.2) is 0 Å². The summed E-state index contributed by atoms with van der Waals surface area (Å²) in [6.45, 7) is 6.91. The minimum Gasteiger partial charge on any atom is -0.481 e. The largest absolute Gasteiger partial charge is 0.481 e. The molecule has 0 radical (unpaired) electrons. The number of nitrogens with zero attached hydrogens (tertiary/aromatic N) is 1. The standard InChI is InChI=1S/C15H28N2O4/c1-3-6-15(13(18)19)7-10-17(11-8-15)14(20)16-9-5-12-21-4-2/h3-12H2,1-2H3,(H,16,20)(H,18,19). The molecule has 1 aliphatic rings. The van der Waals surface area contributed by atoms with E-state index in [2.05, 4.69) is 5.32 Å². The Labute approximate surface area is 126 Å². The molecule has 1 fully saturated rings. The molecule has 0 saturated carbocycles. The van der Waals surface area contributed by atoms with E-state index in [1.807, 2.05) is 13.8 Å². The second kappa shape index (κ2) is 8.87. The van der Waals surface area contributed by atoms with E-state index >= 15 is 0 Å². The molecule has 0 aromatic carbocycles. The molecular formula is C15H28N2O4. The Morgan fingerprint density at radius 1 is 1.29 bits per heavy atom.